The molecule has 2 unspecified atom stereocenters. The Labute approximate surface area is 161 Å². The van der Waals surface area contributed by atoms with Crippen LogP contribution in [0.3, 0.4) is 0 Å². The summed E-state index contributed by atoms with van der Waals surface area (Å²) < 4.78 is 0. The topological polar surface area (TPSA) is 73.5 Å². The average Bonchev–Trinajstić information content (AvgIpc) is 3.37. The zero-order valence-corrected chi connectivity index (χ0v) is 16.1. The maximum Gasteiger partial charge on any atom is 0.251 e. The van der Waals surface area contributed by atoms with Crippen LogP contribution in [0.2, 0.25) is 0 Å². The van der Waals surface area contributed by atoms with Gasteiger partial charge in [0.15, 0.2) is 0 Å². The number of hydrogen-bond donors (Lipinski definition) is 3. The van der Waals surface area contributed by atoms with Crippen molar-refractivity contribution in [2.75, 3.05) is 44.6 Å². The third kappa shape index (κ3) is 5.97. The summed E-state index contributed by atoms with van der Waals surface area (Å²) >= 11 is 0. The first kappa shape index (κ1) is 20.7. The van der Waals surface area contributed by atoms with E-state index in [1.54, 1.807) is 12.1 Å². The normalized spacial score (nSPS) is 22.2. The van der Waals surface area contributed by atoms with Gasteiger partial charge in [0.05, 0.1) is 0 Å². The fourth-order valence-electron chi connectivity index (χ4n) is 3.20. The van der Waals surface area contributed by atoms with E-state index in [-0.39, 0.29) is 30.1 Å². The van der Waals surface area contributed by atoms with Crippen LogP contribution in [0.5, 0.6) is 0 Å². The van der Waals surface area contributed by atoms with Crippen LogP contribution >= 0.6 is 12.4 Å². The smallest absolute Gasteiger partial charge is 0.251 e. The zero-order valence-electron chi connectivity index (χ0n) is 15.3. The Morgan fingerprint density at radius 2 is 2.00 bits per heavy atom. The fraction of sp³-hybridized carbons (Fsp3) is 0.579. The van der Waals surface area contributed by atoms with E-state index < -0.39 is 0 Å². The van der Waals surface area contributed by atoms with Gasteiger partial charge >= 0.3 is 0 Å². The minimum Gasteiger partial charge on any atom is -0.352 e. The van der Waals surface area contributed by atoms with Gasteiger partial charge in [-0.25, -0.2) is 0 Å². The monoisotopic (exact) mass is 380 g/mol. The van der Waals surface area contributed by atoms with Crippen LogP contribution in [-0.4, -0.2) is 56.0 Å². The molecule has 2 aliphatic rings. The van der Waals surface area contributed by atoms with Crippen molar-refractivity contribution < 1.29 is 9.59 Å². The molecule has 0 radical (unpaired) electrons. The van der Waals surface area contributed by atoms with Crippen molar-refractivity contribution in [2.45, 2.75) is 19.8 Å². The molecule has 3 rings (SSSR count). The van der Waals surface area contributed by atoms with Crippen LogP contribution in [0.1, 0.15) is 30.1 Å². The molecular weight excluding hydrogens is 352 g/mol. The number of rotatable bonds is 7. The number of anilines is 1. The molecule has 0 aromatic heterocycles. The Morgan fingerprint density at radius 3 is 2.69 bits per heavy atom. The molecule has 1 aromatic rings. The zero-order chi connectivity index (χ0) is 17.6. The Balaban J connectivity index is 0.00000243. The van der Waals surface area contributed by atoms with Gasteiger partial charge in [-0.1, -0.05) is 13.0 Å². The standard InChI is InChI=1S/C19H28N4O2.ClH/c1-14-12-17(14)19(25)22-16-5-2-4-15(13-16)18(24)21-6-3-9-23-10-7-20-8-11-23;/h2,4-5,13-14,17,20H,3,6-12H2,1H3,(H,21,24)(H,22,25);1H. The molecular formula is C19H29ClN4O2. The van der Waals surface area contributed by atoms with Gasteiger partial charge in [-0.15, -0.1) is 12.4 Å². The van der Waals surface area contributed by atoms with Crippen molar-refractivity contribution in [1.82, 2.24) is 15.5 Å². The lowest BCUT2D eigenvalue weighted by molar-refractivity contribution is -0.117. The molecule has 1 aliphatic heterocycles. The highest BCUT2D eigenvalue weighted by molar-refractivity contribution is 5.98. The average molecular weight is 381 g/mol. The van der Waals surface area contributed by atoms with Gasteiger partial charge in [0.25, 0.3) is 5.91 Å². The minimum atomic E-state index is -0.0869. The highest BCUT2D eigenvalue weighted by atomic mass is 35.5. The second-order valence-electron chi connectivity index (χ2n) is 7.09. The minimum absolute atomic E-state index is 0. The number of halogens is 1. The van der Waals surface area contributed by atoms with Crippen molar-refractivity contribution in [3.63, 3.8) is 0 Å². The lowest BCUT2D eigenvalue weighted by Crippen LogP contribution is -2.44. The molecule has 1 heterocycles. The summed E-state index contributed by atoms with van der Waals surface area (Å²) in [6.07, 6.45) is 1.90. The second kappa shape index (κ2) is 9.90. The lowest BCUT2D eigenvalue weighted by atomic mass is 10.1. The SMILES string of the molecule is CC1CC1C(=O)Nc1cccc(C(=O)NCCCN2CCNCC2)c1.Cl. The molecule has 144 valence electrons. The highest BCUT2D eigenvalue weighted by Gasteiger charge is 2.39. The summed E-state index contributed by atoms with van der Waals surface area (Å²) in [5.74, 6) is 0.571. The van der Waals surface area contributed by atoms with Crippen molar-refractivity contribution >= 4 is 29.9 Å². The third-order valence-electron chi connectivity index (χ3n) is 4.98. The van der Waals surface area contributed by atoms with Gasteiger partial charge in [-0.05, 0) is 43.5 Å². The number of nitrogens with one attached hydrogen (secondary N) is 3. The molecule has 0 bridgehead atoms. The van der Waals surface area contributed by atoms with Gasteiger partial charge in [0.1, 0.15) is 0 Å². The highest BCUT2D eigenvalue weighted by Crippen LogP contribution is 2.38. The first-order valence-electron chi connectivity index (χ1n) is 9.25. The molecule has 7 heteroatoms. The molecule has 0 spiro atoms. The molecule has 1 saturated heterocycles. The second-order valence-corrected chi connectivity index (χ2v) is 7.09. The molecule has 26 heavy (non-hydrogen) atoms. The molecule has 2 amide bonds. The Kier molecular flexibility index (Phi) is 7.87. The van der Waals surface area contributed by atoms with E-state index in [1.165, 1.54) is 0 Å². The van der Waals surface area contributed by atoms with Crippen molar-refractivity contribution in [3.8, 4) is 0 Å². The van der Waals surface area contributed by atoms with E-state index in [1.807, 2.05) is 12.1 Å². The van der Waals surface area contributed by atoms with E-state index in [0.29, 0.717) is 23.7 Å². The molecule has 3 N–H and O–H groups in total. The summed E-state index contributed by atoms with van der Waals surface area (Å²) in [6.45, 7) is 8.00. The Hall–Kier alpha value is -1.63. The van der Waals surface area contributed by atoms with E-state index in [0.717, 1.165) is 45.6 Å². The summed E-state index contributed by atoms with van der Waals surface area (Å²) in [7, 11) is 0. The fourth-order valence-corrected chi connectivity index (χ4v) is 3.20. The number of carbonyl (C=O) groups is 2. The van der Waals surface area contributed by atoms with Crippen molar-refractivity contribution in [1.29, 1.82) is 0 Å². The van der Waals surface area contributed by atoms with E-state index in [4.69, 9.17) is 0 Å². The number of piperazine rings is 1. The van der Waals surface area contributed by atoms with Crippen molar-refractivity contribution in [2.24, 2.45) is 11.8 Å². The molecule has 1 aromatic carbocycles. The number of hydrogen-bond acceptors (Lipinski definition) is 4. The number of benzene rings is 1. The predicted octanol–water partition coefficient (Wildman–Crippen LogP) is 1.73. The van der Waals surface area contributed by atoms with Crippen LogP contribution < -0.4 is 16.0 Å². The van der Waals surface area contributed by atoms with Crippen LogP contribution in [0.4, 0.5) is 5.69 Å². The van der Waals surface area contributed by atoms with Crippen LogP contribution in [-0.2, 0) is 4.79 Å². The number of amides is 2. The largest absolute Gasteiger partial charge is 0.352 e. The maximum atomic E-state index is 12.3. The van der Waals surface area contributed by atoms with E-state index in [9.17, 15) is 9.59 Å². The van der Waals surface area contributed by atoms with Crippen LogP contribution in [0.15, 0.2) is 24.3 Å². The van der Waals surface area contributed by atoms with Crippen LogP contribution in [0.25, 0.3) is 0 Å². The summed E-state index contributed by atoms with van der Waals surface area (Å²) in [4.78, 5) is 26.7. The molecule has 1 aliphatic carbocycles. The molecule has 2 atom stereocenters. The predicted molar refractivity (Wildman–Crippen MR) is 106 cm³/mol. The maximum absolute atomic E-state index is 12.3. The first-order valence-corrected chi connectivity index (χ1v) is 9.25. The summed E-state index contributed by atoms with van der Waals surface area (Å²) in [5.41, 5.74) is 1.28. The van der Waals surface area contributed by atoms with Gasteiger partial charge in [0.2, 0.25) is 5.91 Å². The third-order valence-corrected chi connectivity index (χ3v) is 4.98. The quantitative estimate of drug-likeness (QED) is 0.630. The van der Waals surface area contributed by atoms with Gasteiger partial charge in [0, 0.05) is 49.9 Å². The summed E-state index contributed by atoms with van der Waals surface area (Å²) in [6, 6.07) is 7.16. The van der Waals surface area contributed by atoms with Crippen molar-refractivity contribution in [3.05, 3.63) is 29.8 Å². The van der Waals surface area contributed by atoms with E-state index >= 15 is 0 Å². The van der Waals surface area contributed by atoms with Crippen LogP contribution in [0, 0.1) is 11.8 Å². The molecule has 2 fully saturated rings. The molecule has 1 saturated carbocycles. The first-order chi connectivity index (χ1) is 12.1. The Bertz CT molecular complexity index is 619. The van der Waals surface area contributed by atoms with Gasteiger partial charge < -0.3 is 20.9 Å². The van der Waals surface area contributed by atoms with Gasteiger partial charge in [-0.2, -0.15) is 0 Å². The van der Waals surface area contributed by atoms with Gasteiger partial charge in [-0.3, -0.25) is 9.59 Å². The number of nitrogens with zero attached hydrogens (tertiary/aromatic N) is 1. The Morgan fingerprint density at radius 1 is 1.27 bits per heavy atom. The summed E-state index contributed by atoms with van der Waals surface area (Å²) in [5, 5.41) is 9.21. The lowest BCUT2D eigenvalue weighted by Gasteiger charge is -2.27. The number of carbonyl (C=O) groups excluding carboxylic acids is 2. The molecule has 6 nitrogen and oxygen atoms in total. The van der Waals surface area contributed by atoms with E-state index in [2.05, 4.69) is 27.8 Å².